The van der Waals surface area contributed by atoms with Crippen molar-refractivity contribution in [2.24, 2.45) is 0 Å². The van der Waals surface area contributed by atoms with E-state index in [1.54, 1.807) is 27.7 Å². The van der Waals surface area contributed by atoms with Gasteiger partial charge in [-0.25, -0.2) is 0 Å². The van der Waals surface area contributed by atoms with Crippen molar-refractivity contribution < 1.29 is 27.2 Å². The van der Waals surface area contributed by atoms with Gasteiger partial charge in [0, 0.05) is 0 Å². The maximum atomic E-state index is 13.5. The third-order valence-electron chi connectivity index (χ3n) is 4.47. The second-order valence-corrected chi connectivity index (χ2v) is 12.2. The second kappa shape index (κ2) is 16.4. The molecular formula is C22H44O6P2. The van der Waals surface area contributed by atoms with Crippen LogP contribution in [0, 0.1) is 0 Å². The monoisotopic (exact) mass is 466 g/mol. The standard InChI is InChI=1S/C22H44O6P2/c1-8-25-29(23,26-9-2)22(30(24,27-10-3)28-11-4)19-14-12-13-17-21(7)18-15-16-20(5)6/h16-17,22H,8-15,18-19H2,1-7H3/b21-17+. The molecule has 0 atom stereocenters. The van der Waals surface area contributed by atoms with E-state index in [1.165, 1.54) is 11.1 Å². The lowest BCUT2D eigenvalue weighted by Gasteiger charge is -2.31. The van der Waals surface area contributed by atoms with Crippen molar-refractivity contribution in [3.8, 4) is 0 Å². The molecule has 0 aromatic carbocycles. The minimum atomic E-state index is -3.64. The largest absolute Gasteiger partial charge is 0.345 e. The molecule has 0 saturated heterocycles. The minimum absolute atomic E-state index is 0.208. The van der Waals surface area contributed by atoms with Crippen molar-refractivity contribution in [1.82, 2.24) is 0 Å². The van der Waals surface area contributed by atoms with Gasteiger partial charge in [0.15, 0.2) is 5.40 Å². The Hall–Kier alpha value is -0.220. The topological polar surface area (TPSA) is 71.1 Å². The molecule has 0 bridgehead atoms. The highest BCUT2D eigenvalue weighted by molar-refractivity contribution is 7.72. The first-order chi connectivity index (χ1) is 14.2. The van der Waals surface area contributed by atoms with Crippen LogP contribution >= 0.6 is 15.2 Å². The maximum Gasteiger partial charge on any atom is 0.345 e. The minimum Gasteiger partial charge on any atom is -0.308 e. The fraction of sp³-hybridized carbons (Fsp3) is 0.818. The van der Waals surface area contributed by atoms with Gasteiger partial charge in [0.05, 0.1) is 26.4 Å². The molecule has 0 aromatic rings. The van der Waals surface area contributed by atoms with E-state index in [0.717, 1.165) is 32.1 Å². The van der Waals surface area contributed by atoms with Crippen molar-refractivity contribution in [2.75, 3.05) is 26.4 Å². The van der Waals surface area contributed by atoms with Crippen LogP contribution in [0.2, 0.25) is 0 Å². The van der Waals surface area contributed by atoms with E-state index in [-0.39, 0.29) is 26.4 Å². The van der Waals surface area contributed by atoms with Crippen LogP contribution in [-0.4, -0.2) is 31.8 Å². The Kier molecular flexibility index (Phi) is 16.3. The van der Waals surface area contributed by atoms with Crippen LogP contribution in [0.1, 0.15) is 87.0 Å². The van der Waals surface area contributed by atoms with Gasteiger partial charge in [-0.3, -0.25) is 9.13 Å². The molecule has 8 heteroatoms. The zero-order valence-electron chi connectivity index (χ0n) is 20.1. The lowest BCUT2D eigenvalue weighted by atomic mass is 10.1. The molecule has 0 saturated carbocycles. The van der Waals surface area contributed by atoms with E-state index < -0.39 is 20.6 Å². The summed E-state index contributed by atoms with van der Waals surface area (Å²) in [5, 5.41) is -0.910. The summed E-state index contributed by atoms with van der Waals surface area (Å²) < 4.78 is 49.0. The fourth-order valence-corrected chi connectivity index (χ4v) is 8.60. The molecule has 178 valence electrons. The third-order valence-corrected chi connectivity index (χ3v) is 10.6. The number of hydrogen-bond donors (Lipinski definition) is 0. The van der Waals surface area contributed by atoms with Gasteiger partial charge < -0.3 is 18.1 Å². The van der Waals surface area contributed by atoms with Crippen LogP contribution in [0.3, 0.4) is 0 Å². The van der Waals surface area contributed by atoms with Gasteiger partial charge in [-0.15, -0.1) is 0 Å². The van der Waals surface area contributed by atoms with Crippen molar-refractivity contribution in [2.45, 2.75) is 92.4 Å². The van der Waals surface area contributed by atoms with Crippen LogP contribution in [0.15, 0.2) is 23.3 Å². The van der Waals surface area contributed by atoms with Crippen molar-refractivity contribution in [3.05, 3.63) is 23.3 Å². The Morgan fingerprint density at radius 1 is 0.733 bits per heavy atom. The summed E-state index contributed by atoms with van der Waals surface area (Å²) in [7, 11) is -7.27. The summed E-state index contributed by atoms with van der Waals surface area (Å²) in [5.41, 5.74) is 2.71. The zero-order chi connectivity index (χ0) is 23.0. The fourth-order valence-electron chi connectivity index (χ4n) is 3.14. The third kappa shape index (κ3) is 11.4. The van der Waals surface area contributed by atoms with E-state index >= 15 is 0 Å². The smallest absolute Gasteiger partial charge is 0.308 e. The SMILES string of the molecule is CCOP(=O)(OCC)C(CCCC/C=C(\C)CCC=C(C)C)P(=O)(OCC)OCC. The number of unbranched alkanes of at least 4 members (excludes halogenated alkanes) is 2. The van der Waals surface area contributed by atoms with Gasteiger partial charge in [-0.1, -0.05) is 29.7 Å². The van der Waals surface area contributed by atoms with Crippen LogP contribution in [0.5, 0.6) is 0 Å². The number of rotatable bonds is 18. The number of hydrogen-bond acceptors (Lipinski definition) is 6. The number of allylic oxidation sites excluding steroid dienone is 4. The van der Waals surface area contributed by atoms with Crippen LogP contribution < -0.4 is 0 Å². The molecule has 0 spiro atoms. The Bertz CT molecular complexity index is 561. The Labute approximate surface area is 184 Å². The summed E-state index contributed by atoms with van der Waals surface area (Å²) in [5.74, 6) is 0. The highest BCUT2D eigenvalue weighted by Gasteiger charge is 2.50. The van der Waals surface area contributed by atoms with Crippen molar-refractivity contribution >= 4 is 15.2 Å². The molecule has 30 heavy (non-hydrogen) atoms. The van der Waals surface area contributed by atoms with Gasteiger partial charge in [0.25, 0.3) is 0 Å². The molecule has 6 nitrogen and oxygen atoms in total. The molecule has 0 amide bonds. The summed E-state index contributed by atoms with van der Waals surface area (Å²) in [6.07, 6.45) is 9.58. The second-order valence-electron chi connectivity index (χ2n) is 7.39. The van der Waals surface area contributed by atoms with E-state index in [9.17, 15) is 9.13 Å². The van der Waals surface area contributed by atoms with E-state index in [1.807, 2.05) is 0 Å². The first-order valence-corrected chi connectivity index (χ1v) is 14.5. The summed E-state index contributed by atoms with van der Waals surface area (Å²) in [6, 6.07) is 0. The van der Waals surface area contributed by atoms with Gasteiger partial charge in [0.1, 0.15) is 0 Å². The van der Waals surface area contributed by atoms with Crippen LogP contribution in [0.4, 0.5) is 0 Å². The Morgan fingerprint density at radius 3 is 1.60 bits per heavy atom. The summed E-state index contributed by atoms with van der Waals surface area (Å²) >= 11 is 0. The highest BCUT2D eigenvalue weighted by Crippen LogP contribution is 2.71. The predicted molar refractivity (Wildman–Crippen MR) is 126 cm³/mol. The average Bonchev–Trinajstić information content (AvgIpc) is 2.64. The molecule has 0 aliphatic carbocycles. The molecule has 0 unspecified atom stereocenters. The van der Waals surface area contributed by atoms with E-state index in [4.69, 9.17) is 18.1 Å². The van der Waals surface area contributed by atoms with Crippen LogP contribution in [-0.2, 0) is 27.2 Å². The summed E-state index contributed by atoms with van der Waals surface area (Å²) in [4.78, 5) is 0. The maximum absolute atomic E-state index is 13.5. The van der Waals surface area contributed by atoms with Crippen LogP contribution in [0.25, 0.3) is 0 Å². The van der Waals surface area contributed by atoms with Gasteiger partial charge >= 0.3 is 15.2 Å². The van der Waals surface area contributed by atoms with Gasteiger partial charge in [-0.05, 0) is 80.6 Å². The molecule has 0 N–H and O–H groups in total. The van der Waals surface area contributed by atoms with E-state index in [0.29, 0.717) is 6.42 Å². The first-order valence-electron chi connectivity index (χ1n) is 11.3. The van der Waals surface area contributed by atoms with Crippen molar-refractivity contribution in [3.63, 3.8) is 0 Å². The highest BCUT2D eigenvalue weighted by atomic mass is 31.2. The molecule has 0 aliphatic heterocycles. The Morgan fingerprint density at radius 2 is 1.20 bits per heavy atom. The molecule has 0 aliphatic rings. The first kappa shape index (κ1) is 29.8. The summed E-state index contributed by atoms with van der Waals surface area (Å²) in [6.45, 7) is 14.2. The lowest BCUT2D eigenvalue weighted by molar-refractivity contribution is 0.193. The Balaban J connectivity index is 5.17. The molecule has 0 radical (unpaired) electrons. The molecule has 0 aromatic heterocycles. The predicted octanol–water partition coefficient (Wildman–Crippen LogP) is 8.10. The quantitative estimate of drug-likeness (QED) is 0.115. The molecular weight excluding hydrogens is 422 g/mol. The van der Waals surface area contributed by atoms with Crippen molar-refractivity contribution in [1.29, 1.82) is 0 Å². The normalized spacial score (nSPS) is 13.1. The van der Waals surface area contributed by atoms with E-state index in [2.05, 4.69) is 32.9 Å². The molecule has 0 fully saturated rings. The van der Waals surface area contributed by atoms with Gasteiger partial charge in [-0.2, -0.15) is 0 Å². The molecule has 0 rings (SSSR count). The van der Waals surface area contributed by atoms with Gasteiger partial charge in [0.2, 0.25) is 0 Å². The lowest BCUT2D eigenvalue weighted by Crippen LogP contribution is -2.18. The zero-order valence-corrected chi connectivity index (χ0v) is 21.9. The molecule has 0 heterocycles. The average molecular weight is 467 g/mol.